The highest BCUT2D eigenvalue weighted by molar-refractivity contribution is 5.93. The molecule has 0 unspecified atom stereocenters. The highest BCUT2D eigenvalue weighted by Crippen LogP contribution is 2.19. The number of rotatable bonds is 6. The van der Waals surface area contributed by atoms with Crippen LogP contribution in [0, 0.1) is 15.9 Å². The van der Waals surface area contributed by atoms with Gasteiger partial charge in [-0.2, -0.15) is 0 Å². The molecule has 2 amide bonds. The summed E-state index contributed by atoms with van der Waals surface area (Å²) in [5.74, 6) is -0.814. The van der Waals surface area contributed by atoms with E-state index in [4.69, 9.17) is 0 Å². The number of hydrogen-bond donors (Lipinski definition) is 1. The van der Waals surface area contributed by atoms with Crippen molar-refractivity contribution >= 4 is 29.3 Å². The van der Waals surface area contributed by atoms with Crippen molar-refractivity contribution in [2.24, 2.45) is 0 Å². The van der Waals surface area contributed by atoms with Crippen molar-refractivity contribution in [3.05, 3.63) is 76.1 Å². The number of carbonyl (C=O) groups is 2. The van der Waals surface area contributed by atoms with Gasteiger partial charge in [0.05, 0.1) is 17.0 Å². The van der Waals surface area contributed by atoms with Gasteiger partial charge >= 0.3 is 0 Å². The van der Waals surface area contributed by atoms with E-state index >= 15 is 0 Å². The molecule has 1 heterocycles. The van der Waals surface area contributed by atoms with Crippen LogP contribution in [0.25, 0.3) is 6.08 Å². The summed E-state index contributed by atoms with van der Waals surface area (Å²) in [6, 6.07) is 11.8. The Labute approximate surface area is 172 Å². The van der Waals surface area contributed by atoms with E-state index in [0.717, 1.165) is 0 Å². The van der Waals surface area contributed by atoms with Gasteiger partial charge in [-0.1, -0.05) is 12.1 Å². The fourth-order valence-corrected chi connectivity index (χ4v) is 3.12. The number of hydrogen-bond acceptors (Lipinski definition) is 5. The number of halogens is 1. The number of nitrogens with zero attached hydrogens (tertiary/aromatic N) is 3. The quantitative estimate of drug-likeness (QED) is 0.447. The van der Waals surface area contributed by atoms with Crippen LogP contribution in [0.4, 0.5) is 15.8 Å². The van der Waals surface area contributed by atoms with Gasteiger partial charge in [0.15, 0.2) is 0 Å². The Morgan fingerprint density at radius 2 is 1.73 bits per heavy atom. The van der Waals surface area contributed by atoms with Gasteiger partial charge in [0.2, 0.25) is 11.8 Å². The summed E-state index contributed by atoms with van der Waals surface area (Å²) in [4.78, 5) is 38.6. The molecule has 30 heavy (non-hydrogen) atoms. The molecule has 1 aliphatic heterocycles. The Kier molecular flexibility index (Phi) is 6.87. The lowest BCUT2D eigenvalue weighted by atomic mass is 10.1. The molecule has 156 valence electrons. The molecule has 2 aromatic carbocycles. The molecule has 0 bridgehead atoms. The highest BCUT2D eigenvalue weighted by Gasteiger charge is 2.21. The molecule has 1 aliphatic rings. The second-order valence-corrected chi connectivity index (χ2v) is 6.81. The van der Waals surface area contributed by atoms with Crippen molar-refractivity contribution in [1.82, 2.24) is 9.80 Å². The molecule has 3 rings (SSSR count). The Bertz CT molecular complexity index is 954. The van der Waals surface area contributed by atoms with Crippen LogP contribution in [0.5, 0.6) is 0 Å². The molecule has 2 aromatic rings. The van der Waals surface area contributed by atoms with Crippen molar-refractivity contribution in [3.63, 3.8) is 0 Å². The third-order valence-electron chi connectivity index (χ3n) is 4.72. The topological polar surface area (TPSA) is 95.8 Å². The second-order valence-electron chi connectivity index (χ2n) is 6.81. The third kappa shape index (κ3) is 5.71. The van der Waals surface area contributed by atoms with Crippen molar-refractivity contribution in [3.8, 4) is 0 Å². The van der Waals surface area contributed by atoms with Crippen molar-refractivity contribution < 1.29 is 18.9 Å². The number of para-hydroxylation sites is 1. The average molecular weight is 412 g/mol. The summed E-state index contributed by atoms with van der Waals surface area (Å²) in [5.41, 5.74) is 0.834. The van der Waals surface area contributed by atoms with Gasteiger partial charge in [-0.15, -0.1) is 0 Å². The second kappa shape index (κ2) is 9.75. The van der Waals surface area contributed by atoms with E-state index in [-0.39, 0.29) is 29.9 Å². The number of nitrogens with one attached hydrogen (secondary N) is 1. The predicted molar refractivity (Wildman–Crippen MR) is 110 cm³/mol. The van der Waals surface area contributed by atoms with Gasteiger partial charge < -0.3 is 10.2 Å². The Balaban J connectivity index is 1.48. The van der Waals surface area contributed by atoms with Crippen LogP contribution < -0.4 is 5.32 Å². The number of nitro groups is 1. The van der Waals surface area contributed by atoms with Crippen LogP contribution >= 0.6 is 0 Å². The summed E-state index contributed by atoms with van der Waals surface area (Å²) >= 11 is 0. The summed E-state index contributed by atoms with van der Waals surface area (Å²) in [6.45, 7) is 2.13. The van der Waals surface area contributed by atoms with Crippen LogP contribution in [0.3, 0.4) is 0 Å². The summed E-state index contributed by atoms with van der Waals surface area (Å²) in [6.07, 6.45) is 2.78. The zero-order valence-electron chi connectivity index (χ0n) is 16.2. The standard InChI is InChI=1S/C21H21FN4O4/c22-17-6-8-18(9-7-17)23-20(27)15-24-11-13-25(14-12-24)21(28)10-5-16-3-1-2-4-19(16)26(29)30/h1-10H,11-15H2,(H,23,27)/b10-5+. The average Bonchev–Trinajstić information content (AvgIpc) is 2.74. The largest absolute Gasteiger partial charge is 0.337 e. The first-order chi connectivity index (χ1) is 14.4. The van der Waals surface area contributed by atoms with Gasteiger partial charge in [0.25, 0.3) is 5.69 Å². The first kappa shape index (κ1) is 21.1. The van der Waals surface area contributed by atoms with Crippen LogP contribution in [0.15, 0.2) is 54.6 Å². The van der Waals surface area contributed by atoms with Gasteiger partial charge in [0.1, 0.15) is 5.82 Å². The number of anilines is 1. The Hall–Kier alpha value is -3.59. The molecule has 1 fully saturated rings. The van der Waals surface area contributed by atoms with Gasteiger partial charge in [-0.05, 0) is 36.4 Å². The molecule has 0 spiro atoms. The third-order valence-corrected chi connectivity index (χ3v) is 4.72. The number of nitro benzene ring substituents is 1. The van der Waals surface area contributed by atoms with Crippen molar-refractivity contribution in [1.29, 1.82) is 0 Å². The molecule has 8 nitrogen and oxygen atoms in total. The maximum absolute atomic E-state index is 12.9. The fraction of sp³-hybridized carbons (Fsp3) is 0.238. The minimum Gasteiger partial charge on any atom is -0.337 e. The van der Waals surface area contributed by atoms with E-state index in [2.05, 4.69) is 5.32 Å². The molecule has 1 N–H and O–H groups in total. The summed E-state index contributed by atoms with van der Waals surface area (Å²) in [7, 11) is 0. The molecule has 0 aliphatic carbocycles. The van der Waals surface area contributed by atoms with E-state index in [1.807, 2.05) is 4.90 Å². The molecular weight excluding hydrogens is 391 g/mol. The van der Waals surface area contributed by atoms with Gasteiger partial charge in [-0.25, -0.2) is 4.39 Å². The Morgan fingerprint density at radius 3 is 2.40 bits per heavy atom. The highest BCUT2D eigenvalue weighted by atomic mass is 19.1. The van der Waals surface area contributed by atoms with E-state index < -0.39 is 4.92 Å². The first-order valence-electron chi connectivity index (χ1n) is 9.40. The number of piperazine rings is 1. The van der Waals surface area contributed by atoms with Gasteiger partial charge in [-0.3, -0.25) is 24.6 Å². The van der Waals surface area contributed by atoms with Crippen LogP contribution in [-0.4, -0.2) is 59.3 Å². The molecule has 0 aromatic heterocycles. The lowest BCUT2D eigenvalue weighted by Crippen LogP contribution is -2.50. The maximum Gasteiger partial charge on any atom is 0.276 e. The lowest BCUT2D eigenvalue weighted by molar-refractivity contribution is -0.385. The number of benzene rings is 2. The molecule has 0 atom stereocenters. The monoisotopic (exact) mass is 412 g/mol. The minimum absolute atomic E-state index is 0.0569. The normalized spacial score (nSPS) is 14.6. The smallest absolute Gasteiger partial charge is 0.276 e. The summed E-state index contributed by atoms with van der Waals surface area (Å²) < 4.78 is 12.9. The van der Waals surface area contributed by atoms with Gasteiger partial charge in [0, 0.05) is 44.0 Å². The first-order valence-corrected chi connectivity index (χ1v) is 9.40. The molecule has 0 saturated carbocycles. The van der Waals surface area contributed by atoms with E-state index in [1.54, 1.807) is 23.1 Å². The Morgan fingerprint density at radius 1 is 1.07 bits per heavy atom. The minimum atomic E-state index is -0.486. The van der Waals surface area contributed by atoms with E-state index in [0.29, 0.717) is 37.4 Å². The van der Waals surface area contributed by atoms with Crippen LogP contribution in [0.2, 0.25) is 0 Å². The van der Waals surface area contributed by atoms with Crippen molar-refractivity contribution in [2.45, 2.75) is 0 Å². The zero-order valence-corrected chi connectivity index (χ0v) is 16.2. The van der Waals surface area contributed by atoms with E-state index in [9.17, 15) is 24.1 Å². The number of carbonyl (C=O) groups excluding carboxylic acids is 2. The molecule has 1 saturated heterocycles. The number of amides is 2. The summed E-state index contributed by atoms with van der Waals surface area (Å²) in [5, 5.41) is 13.8. The van der Waals surface area contributed by atoms with E-state index in [1.165, 1.54) is 42.5 Å². The maximum atomic E-state index is 12.9. The zero-order chi connectivity index (χ0) is 21.5. The SMILES string of the molecule is O=C(CN1CCN(C(=O)/C=C/c2ccccc2[N+](=O)[O-])CC1)Nc1ccc(F)cc1. The predicted octanol–water partition coefficient (Wildman–Crippen LogP) is 2.53. The molecular formula is C21H21FN4O4. The van der Waals surface area contributed by atoms with Crippen LogP contribution in [-0.2, 0) is 9.59 Å². The lowest BCUT2D eigenvalue weighted by Gasteiger charge is -2.33. The van der Waals surface area contributed by atoms with Crippen LogP contribution in [0.1, 0.15) is 5.56 Å². The van der Waals surface area contributed by atoms with Crippen molar-refractivity contribution in [2.75, 3.05) is 38.0 Å². The fourth-order valence-electron chi connectivity index (χ4n) is 3.12. The molecule has 0 radical (unpaired) electrons. The molecule has 9 heteroatoms.